The van der Waals surface area contributed by atoms with Gasteiger partial charge in [-0.15, -0.1) is 0 Å². The fraction of sp³-hybridized carbons (Fsp3) is 0.267. The number of hydrogen-bond donors (Lipinski definition) is 1. The van der Waals surface area contributed by atoms with Gasteiger partial charge in [-0.25, -0.2) is 9.50 Å². The van der Waals surface area contributed by atoms with Crippen LogP contribution in [-0.4, -0.2) is 58.4 Å². The number of anilines is 1. The summed E-state index contributed by atoms with van der Waals surface area (Å²) < 4.78 is 1.75. The molecule has 1 saturated heterocycles. The Hall–Kier alpha value is -4.48. The van der Waals surface area contributed by atoms with Crippen molar-refractivity contribution in [1.29, 1.82) is 5.26 Å². The van der Waals surface area contributed by atoms with Crippen LogP contribution in [0.4, 0.5) is 5.82 Å². The number of aromatic nitrogens is 3. The molecule has 4 heterocycles. The minimum Gasteiger partial charge on any atom is -0.402 e. The van der Waals surface area contributed by atoms with Crippen LogP contribution in [0.1, 0.15) is 30.5 Å². The number of piperazine rings is 1. The summed E-state index contributed by atoms with van der Waals surface area (Å²) in [7, 11) is 1.75. The normalized spacial score (nSPS) is 15.4. The largest absolute Gasteiger partial charge is 0.402 e. The standard InChI is InChI=1S/C30H32N8/c1-21(32)29(22(2)33-3)25-15-27(30-26(16-31)18-35-38(30)20-25)24-9-10-28(34-17-24)37-13-11-36(12-14-37)19-23-7-5-4-6-8-23/h4-10,15,17-18,20H,11-14,19,32H2,1-3H3. The molecule has 3 aromatic heterocycles. The Kier molecular flexibility index (Phi) is 7.20. The van der Waals surface area contributed by atoms with Crippen LogP contribution in [0.15, 0.2) is 77.8 Å². The summed E-state index contributed by atoms with van der Waals surface area (Å²) in [5, 5.41) is 14.2. The molecule has 38 heavy (non-hydrogen) atoms. The third-order valence-electron chi connectivity index (χ3n) is 7.12. The zero-order valence-corrected chi connectivity index (χ0v) is 22.1. The summed E-state index contributed by atoms with van der Waals surface area (Å²) in [5.74, 6) is 0.960. The molecule has 0 saturated carbocycles. The highest BCUT2D eigenvalue weighted by atomic mass is 15.3. The van der Waals surface area contributed by atoms with E-state index in [1.165, 1.54) is 5.56 Å². The maximum atomic E-state index is 9.74. The second kappa shape index (κ2) is 10.9. The number of nitriles is 1. The smallest absolute Gasteiger partial charge is 0.128 e. The zero-order chi connectivity index (χ0) is 26.6. The Morgan fingerprint density at radius 1 is 1.05 bits per heavy atom. The monoisotopic (exact) mass is 504 g/mol. The Labute approximate surface area is 223 Å². The molecule has 2 N–H and O–H groups in total. The molecule has 5 rings (SSSR count). The molecule has 1 fully saturated rings. The first-order valence-electron chi connectivity index (χ1n) is 12.8. The molecule has 0 radical (unpaired) electrons. The lowest BCUT2D eigenvalue weighted by atomic mass is 9.96. The Morgan fingerprint density at radius 3 is 2.45 bits per heavy atom. The van der Waals surface area contributed by atoms with E-state index in [9.17, 15) is 5.26 Å². The third-order valence-corrected chi connectivity index (χ3v) is 7.12. The van der Waals surface area contributed by atoms with E-state index in [4.69, 9.17) is 10.7 Å². The molecular formula is C30H32N8. The van der Waals surface area contributed by atoms with Crippen LogP contribution in [0.2, 0.25) is 0 Å². The van der Waals surface area contributed by atoms with E-state index in [1.54, 1.807) is 17.8 Å². The van der Waals surface area contributed by atoms with Crippen molar-refractivity contribution in [1.82, 2.24) is 19.5 Å². The summed E-state index contributed by atoms with van der Waals surface area (Å²) >= 11 is 0. The molecule has 0 atom stereocenters. The number of allylic oxidation sites excluding steroid dienone is 2. The van der Waals surface area contributed by atoms with Gasteiger partial charge in [-0.1, -0.05) is 30.3 Å². The highest BCUT2D eigenvalue weighted by Gasteiger charge is 2.20. The van der Waals surface area contributed by atoms with Crippen molar-refractivity contribution in [2.45, 2.75) is 20.4 Å². The van der Waals surface area contributed by atoms with Crippen LogP contribution in [0.3, 0.4) is 0 Å². The minimum absolute atomic E-state index is 0.515. The van der Waals surface area contributed by atoms with Crippen LogP contribution in [-0.2, 0) is 6.54 Å². The van der Waals surface area contributed by atoms with Crippen molar-refractivity contribution in [2.75, 3.05) is 38.1 Å². The van der Waals surface area contributed by atoms with Gasteiger partial charge in [0.05, 0.1) is 17.3 Å². The number of nitrogens with two attached hydrogens (primary N) is 1. The van der Waals surface area contributed by atoms with Gasteiger partial charge < -0.3 is 10.6 Å². The molecule has 8 heteroatoms. The number of pyridine rings is 2. The number of nitrogens with zero attached hydrogens (tertiary/aromatic N) is 7. The third kappa shape index (κ3) is 5.01. The fourth-order valence-electron chi connectivity index (χ4n) is 5.10. The van der Waals surface area contributed by atoms with Crippen LogP contribution in [0.25, 0.3) is 22.2 Å². The lowest BCUT2D eigenvalue weighted by molar-refractivity contribution is 0.249. The van der Waals surface area contributed by atoms with Crippen molar-refractivity contribution in [2.24, 2.45) is 10.7 Å². The van der Waals surface area contributed by atoms with Gasteiger partial charge in [0.25, 0.3) is 0 Å². The molecule has 1 aliphatic heterocycles. The topological polar surface area (TPSA) is 98.8 Å². The fourth-order valence-corrected chi connectivity index (χ4v) is 5.10. The van der Waals surface area contributed by atoms with Gasteiger partial charge >= 0.3 is 0 Å². The van der Waals surface area contributed by atoms with E-state index in [1.807, 2.05) is 26.2 Å². The number of benzene rings is 1. The number of rotatable bonds is 6. The van der Waals surface area contributed by atoms with Crippen LogP contribution >= 0.6 is 0 Å². The maximum absolute atomic E-state index is 9.74. The maximum Gasteiger partial charge on any atom is 0.128 e. The van der Waals surface area contributed by atoms with Crippen molar-refractivity contribution in [3.8, 4) is 17.2 Å². The molecule has 0 unspecified atom stereocenters. The summed E-state index contributed by atoms with van der Waals surface area (Å²) in [6.45, 7) is 8.63. The Balaban J connectivity index is 1.42. The molecule has 4 aromatic rings. The molecule has 0 bridgehead atoms. The van der Waals surface area contributed by atoms with Crippen molar-refractivity contribution >= 4 is 22.6 Å². The summed E-state index contributed by atoms with van der Waals surface area (Å²) in [6.07, 6.45) is 5.38. The van der Waals surface area contributed by atoms with Crippen LogP contribution in [0.5, 0.6) is 0 Å². The Bertz CT molecular complexity index is 1530. The minimum atomic E-state index is 0.515. The highest BCUT2D eigenvalue weighted by molar-refractivity contribution is 6.23. The molecule has 0 amide bonds. The molecule has 8 nitrogen and oxygen atoms in total. The predicted octanol–water partition coefficient (Wildman–Crippen LogP) is 4.37. The quantitative estimate of drug-likeness (QED) is 0.392. The average Bonchev–Trinajstić information content (AvgIpc) is 3.37. The highest BCUT2D eigenvalue weighted by Crippen LogP contribution is 2.32. The molecule has 1 aliphatic rings. The first-order chi connectivity index (χ1) is 18.5. The lowest BCUT2D eigenvalue weighted by Gasteiger charge is -2.35. The van der Waals surface area contributed by atoms with Gasteiger partial charge in [-0.3, -0.25) is 9.89 Å². The van der Waals surface area contributed by atoms with E-state index < -0.39 is 0 Å². The molecule has 1 aromatic carbocycles. The second-order valence-electron chi connectivity index (χ2n) is 9.63. The van der Waals surface area contributed by atoms with E-state index >= 15 is 0 Å². The summed E-state index contributed by atoms with van der Waals surface area (Å²) in [5.41, 5.74) is 13.9. The molecule has 0 aliphatic carbocycles. The van der Waals surface area contributed by atoms with Gasteiger partial charge in [-0.05, 0) is 37.6 Å². The SMILES string of the molecule is CN=C(C)C(=C(C)N)c1cc(-c2ccc(N3CCN(Cc4ccccc4)CC3)nc2)c2c(C#N)cnn2c1. The molecule has 0 spiro atoms. The predicted molar refractivity (Wildman–Crippen MR) is 153 cm³/mol. The second-order valence-corrected chi connectivity index (χ2v) is 9.63. The van der Waals surface area contributed by atoms with Gasteiger partial charge in [-0.2, -0.15) is 10.4 Å². The first-order valence-corrected chi connectivity index (χ1v) is 12.8. The molecular weight excluding hydrogens is 472 g/mol. The van der Waals surface area contributed by atoms with E-state index in [0.29, 0.717) is 11.3 Å². The Morgan fingerprint density at radius 2 is 1.82 bits per heavy atom. The number of hydrogen-bond acceptors (Lipinski definition) is 7. The zero-order valence-electron chi connectivity index (χ0n) is 22.1. The first kappa shape index (κ1) is 25.2. The van der Waals surface area contributed by atoms with Crippen molar-refractivity contribution in [3.05, 3.63) is 89.5 Å². The number of fused-ring (bicyclic) bond motifs is 1. The lowest BCUT2D eigenvalue weighted by Crippen LogP contribution is -2.46. The van der Waals surface area contributed by atoms with Crippen LogP contribution in [0, 0.1) is 11.3 Å². The van der Waals surface area contributed by atoms with Gasteiger partial charge in [0.15, 0.2) is 0 Å². The van der Waals surface area contributed by atoms with E-state index in [-0.39, 0.29) is 0 Å². The van der Waals surface area contributed by atoms with Crippen LogP contribution < -0.4 is 10.6 Å². The van der Waals surface area contributed by atoms with Crippen molar-refractivity contribution in [3.63, 3.8) is 0 Å². The molecule has 192 valence electrons. The van der Waals surface area contributed by atoms with Crippen molar-refractivity contribution < 1.29 is 0 Å². The van der Waals surface area contributed by atoms with Gasteiger partial charge in [0.2, 0.25) is 0 Å². The number of aliphatic imine (C=N–C) groups is 1. The van der Waals surface area contributed by atoms with Gasteiger partial charge in [0, 0.05) is 85.8 Å². The van der Waals surface area contributed by atoms with Gasteiger partial charge in [0.1, 0.15) is 11.9 Å². The van der Waals surface area contributed by atoms with E-state index in [0.717, 1.165) is 72.0 Å². The average molecular weight is 505 g/mol. The summed E-state index contributed by atoms with van der Waals surface area (Å²) in [4.78, 5) is 14.0. The summed E-state index contributed by atoms with van der Waals surface area (Å²) in [6, 6.07) is 19.1. The van der Waals surface area contributed by atoms with E-state index in [2.05, 4.69) is 74.5 Å².